The summed E-state index contributed by atoms with van der Waals surface area (Å²) in [6.45, 7) is 3.43. The number of hydrogen-bond acceptors (Lipinski definition) is 8. The van der Waals surface area contributed by atoms with E-state index in [1.165, 1.54) is 77.0 Å². The van der Waals surface area contributed by atoms with Crippen LogP contribution in [0.15, 0.2) is 36.5 Å². The largest absolute Gasteiger partial charge is 0.469 e. The molecule has 4 atom stereocenters. The van der Waals surface area contributed by atoms with Gasteiger partial charge < -0.3 is 24.4 Å². The first kappa shape index (κ1) is 48.9. The summed E-state index contributed by atoms with van der Waals surface area (Å²) in [5, 5.41) is 10.2. The summed E-state index contributed by atoms with van der Waals surface area (Å²) in [6, 6.07) is 0. The van der Waals surface area contributed by atoms with Crippen molar-refractivity contribution in [2.75, 3.05) is 13.2 Å². The zero-order chi connectivity index (χ0) is 39.0. The van der Waals surface area contributed by atoms with Crippen LogP contribution in [0.3, 0.4) is 0 Å². The van der Waals surface area contributed by atoms with E-state index in [9.17, 15) is 24.1 Å². The summed E-state index contributed by atoms with van der Waals surface area (Å²) in [6.07, 6.45) is 34.9. The number of unbranched alkanes of at least 4 members (excludes halogenated alkanes) is 18. The van der Waals surface area contributed by atoms with Gasteiger partial charge in [0.15, 0.2) is 11.9 Å². The molecule has 0 amide bonds. The summed E-state index contributed by atoms with van der Waals surface area (Å²) in [5.41, 5.74) is 0. The Morgan fingerprint density at radius 2 is 1.30 bits per heavy atom. The van der Waals surface area contributed by atoms with Crippen LogP contribution in [0, 0.1) is 11.8 Å². The van der Waals surface area contributed by atoms with Crippen molar-refractivity contribution < 1.29 is 47.8 Å². The lowest BCUT2D eigenvalue weighted by Crippen LogP contribution is -2.29. The van der Waals surface area contributed by atoms with Crippen molar-refractivity contribution in [3.05, 3.63) is 36.5 Å². The molecule has 0 fully saturated rings. The Morgan fingerprint density at radius 1 is 0.755 bits per heavy atom. The molecule has 306 valence electrons. The van der Waals surface area contributed by atoms with Gasteiger partial charge in [-0.2, -0.15) is 0 Å². The van der Waals surface area contributed by atoms with Crippen molar-refractivity contribution >= 4 is 25.5 Å². The maximum absolute atomic E-state index is 12.5. The highest BCUT2D eigenvalue weighted by molar-refractivity contribution is 7.46. The molecule has 0 unspecified atom stereocenters. The third-order valence-corrected chi connectivity index (χ3v) is 10.1. The Bertz CT molecular complexity index is 1100. The second kappa shape index (κ2) is 32.2. The number of phosphoric acid groups is 1. The lowest BCUT2D eigenvalue weighted by atomic mass is 9.90. The molecule has 0 aromatic rings. The molecule has 1 aliphatic carbocycles. The number of aliphatic hydroxyl groups excluding tert-OH is 1. The van der Waals surface area contributed by atoms with E-state index >= 15 is 0 Å². The summed E-state index contributed by atoms with van der Waals surface area (Å²) in [4.78, 5) is 55.3. The van der Waals surface area contributed by atoms with Gasteiger partial charge in [0.2, 0.25) is 0 Å². The van der Waals surface area contributed by atoms with Gasteiger partial charge in [0, 0.05) is 18.8 Å². The number of carbonyl (C=O) groups is 3. The van der Waals surface area contributed by atoms with E-state index in [1.54, 1.807) is 12.2 Å². The molecule has 0 saturated carbocycles. The fourth-order valence-electron chi connectivity index (χ4n) is 6.42. The van der Waals surface area contributed by atoms with Crippen LogP contribution < -0.4 is 0 Å². The average molecular weight is 769 g/mol. The number of allylic oxidation sites excluding steroid dienone is 5. The van der Waals surface area contributed by atoms with Gasteiger partial charge >= 0.3 is 19.8 Å². The number of ketones is 1. The smallest absolute Gasteiger partial charge is 0.462 e. The summed E-state index contributed by atoms with van der Waals surface area (Å²) in [5.74, 6) is -1.27. The van der Waals surface area contributed by atoms with Crippen molar-refractivity contribution in [2.45, 2.75) is 187 Å². The third-order valence-electron chi connectivity index (χ3n) is 9.66. The maximum Gasteiger partial charge on any atom is 0.469 e. The molecule has 0 aromatic heterocycles. The number of esters is 2. The number of rotatable bonds is 35. The SMILES string of the molecule is CCCCCCCCCCCCCCCCCCC(=O)OC[C@H](COP(=O)(O)O)OC(=O)CCC/C=C\C[C@H]1C=CC(=O)[C@@H]1/C=C/[C@@H](O)CCCCC. The molecule has 3 N–H and O–H groups in total. The fourth-order valence-corrected chi connectivity index (χ4v) is 6.78. The van der Waals surface area contributed by atoms with Gasteiger partial charge in [-0.25, -0.2) is 4.57 Å². The predicted octanol–water partition coefficient (Wildman–Crippen LogP) is 10.2. The summed E-state index contributed by atoms with van der Waals surface area (Å²) >= 11 is 0. The lowest BCUT2D eigenvalue weighted by molar-refractivity contribution is -0.161. The van der Waals surface area contributed by atoms with E-state index in [4.69, 9.17) is 19.3 Å². The molecule has 11 heteroatoms. The number of phosphoric ester groups is 1. The first-order valence-electron chi connectivity index (χ1n) is 20.8. The number of hydrogen-bond donors (Lipinski definition) is 3. The van der Waals surface area contributed by atoms with Gasteiger partial charge in [0.05, 0.1) is 12.7 Å². The van der Waals surface area contributed by atoms with E-state index in [-0.39, 0.29) is 37.1 Å². The van der Waals surface area contributed by atoms with Crippen LogP contribution in [0.2, 0.25) is 0 Å². The Balaban J connectivity index is 2.24. The van der Waals surface area contributed by atoms with Crippen molar-refractivity contribution in [3.8, 4) is 0 Å². The van der Waals surface area contributed by atoms with E-state index < -0.39 is 38.6 Å². The van der Waals surface area contributed by atoms with Crippen LogP contribution in [-0.2, 0) is 32.9 Å². The molecular weight excluding hydrogens is 695 g/mol. The number of carbonyl (C=O) groups excluding carboxylic acids is 3. The van der Waals surface area contributed by atoms with E-state index in [0.717, 1.165) is 38.5 Å². The van der Waals surface area contributed by atoms with Crippen molar-refractivity contribution in [1.82, 2.24) is 0 Å². The summed E-state index contributed by atoms with van der Waals surface area (Å²) < 4.78 is 26.4. The van der Waals surface area contributed by atoms with Crippen LogP contribution in [0.1, 0.15) is 174 Å². The Kier molecular flexibility index (Phi) is 29.7. The van der Waals surface area contributed by atoms with Crippen molar-refractivity contribution in [2.24, 2.45) is 11.8 Å². The first-order chi connectivity index (χ1) is 25.6. The third kappa shape index (κ3) is 28.9. The molecule has 0 radical (unpaired) electrons. The molecule has 0 bridgehead atoms. The second-order valence-electron chi connectivity index (χ2n) is 14.6. The molecule has 0 saturated heterocycles. The van der Waals surface area contributed by atoms with Crippen LogP contribution in [0.4, 0.5) is 0 Å². The zero-order valence-corrected chi connectivity index (χ0v) is 33.9. The predicted molar refractivity (Wildman–Crippen MR) is 211 cm³/mol. The van der Waals surface area contributed by atoms with Gasteiger partial charge in [-0.1, -0.05) is 160 Å². The summed E-state index contributed by atoms with van der Waals surface area (Å²) in [7, 11) is -4.81. The topological polar surface area (TPSA) is 157 Å². The van der Waals surface area contributed by atoms with Crippen molar-refractivity contribution in [1.29, 1.82) is 0 Å². The molecule has 0 spiro atoms. The fraction of sp³-hybridized carbons (Fsp3) is 0.786. The molecule has 0 aliphatic heterocycles. The molecular formula is C42H73O10P. The Labute approximate surface area is 320 Å². The van der Waals surface area contributed by atoms with Crippen LogP contribution >= 0.6 is 7.82 Å². The minimum absolute atomic E-state index is 0.0179. The monoisotopic (exact) mass is 768 g/mol. The van der Waals surface area contributed by atoms with Crippen LogP contribution in [0.5, 0.6) is 0 Å². The molecule has 0 aromatic carbocycles. The van der Waals surface area contributed by atoms with E-state index in [0.29, 0.717) is 32.1 Å². The molecule has 10 nitrogen and oxygen atoms in total. The van der Waals surface area contributed by atoms with Gasteiger partial charge in [0.25, 0.3) is 0 Å². The van der Waals surface area contributed by atoms with Gasteiger partial charge in [-0.05, 0) is 44.1 Å². The van der Waals surface area contributed by atoms with Gasteiger partial charge in [0.1, 0.15) is 6.61 Å². The van der Waals surface area contributed by atoms with Gasteiger partial charge in [-0.15, -0.1) is 0 Å². The maximum atomic E-state index is 12.5. The highest BCUT2D eigenvalue weighted by atomic mass is 31.2. The number of aliphatic hydroxyl groups is 1. The Morgan fingerprint density at radius 3 is 1.89 bits per heavy atom. The van der Waals surface area contributed by atoms with Crippen LogP contribution in [-0.4, -0.2) is 58.0 Å². The minimum atomic E-state index is -4.81. The highest BCUT2D eigenvalue weighted by Crippen LogP contribution is 2.36. The number of ether oxygens (including phenoxy) is 2. The van der Waals surface area contributed by atoms with Crippen molar-refractivity contribution in [3.63, 3.8) is 0 Å². The zero-order valence-electron chi connectivity index (χ0n) is 33.0. The van der Waals surface area contributed by atoms with E-state index in [1.807, 2.05) is 24.3 Å². The Hall–Kier alpha value is -2.10. The molecule has 1 aliphatic rings. The standard InChI is InChI=1S/C42H73O10P/c1-3-5-7-8-9-10-11-12-13-14-15-16-17-18-19-24-28-41(45)50-34-38(35-51-53(47,48)49)52-42(46)29-25-21-20-23-26-36-30-33-40(44)39(36)32-31-37(43)27-22-6-4-2/h20,23,30-33,36-39,43H,3-19,21-22,24-29,34-35H2,1-2H3,(H2,47,48,49)/b23-20-,32-31+/t36-,37-,38+,39+/m0/s1. The van der Waals surface area contributed by atoms with Crippen LogP contribution in [0.25, 0.3) is 0 Å². The highest BCUT2D eigenvalue weighted by Gasteiger charge is 2.27. The second-order valence-corrected chi connectivity index (χ2v) is 15.9. The first-order valence-corrected chi connectivity index (χ1v) is 22.4. The normalized spacial score (nSPS) is 17.3. The van der Waals surface area contributed by atoms with Gasteiger partial charge in [-0.3, -0.25) is 18.9 Å². The minimum Gasteiger partial charge on any atom is -0.462 e. The molecule has 53 heavy (non-hydrogen) atoms. The van der Waals surface area contributed by atoms with E-state index in [2.05, 4.69) is 18.4 Å². The molecule has 0 heterocycles. The average Bonchev–Trinajstić information content (AvgIpc) is 3.47. The lowest BCUT2D eigenvalue weighted by Gasteiger charge is -2.18. The molecule has 1 rings (SSSR count). The quantitative estimate of drug-likeness (QED) is 0.0245.